The van der Waals surface area contributed by atoms with Crippen LogP contribution in [0.2, 0.25) is 0 Å². The predicted octanol–water partition coefficient (Wildman–Crippen LogP) is 2.66. The average molecular weight is 225 g/mol. The Morgan fingerprint density at radius 3 is 2.44 bits per heavy atom. The van der Waals surface area contributed by atoms with Gasteiger partial charge in [0.25, 0.3) is 0 Å². The number of nitrogens with two attached hydrogens (primary N) is 1. The van der Waals surface area contributed by atoms with Gasteiger partial charge in [0.05, 0.1) is 6.04 Å². The standard InChI is InChI=1S/C13H27N3/c1-4-12(11-8-6-5-7-9-11)16-13(14)15-10(2)3/h10-12H,4-9H2,1-3H3,(H3,14,15,16). The highest BCUT2D eigenvalue weighted by molar-refractivity contribution is 5.78. The lowest BCUT2D eigenvalue weighted by Crippen LogP contribution is -2.38. The number of aliphatic imine (C=N–C) groups is 1. The van der Waals surface area contributed by atoms with Crippen LogP contribution in [0.1, 0.15) is 59.3 Å². The Morgan fingerprint density at radius 2 is 1.94 bits per heavy atom. The summed E-state index contributed by atoms with van der Waals surface area (Å²) in [5.41, 5.74) is 5.90. The first kappa shape index (κ1) is 13.3. The average Bonchev–Trinajstić information content (AvgIpc) is 2.26. The summed E-state index contributed by atoms with van der Waals surface area (Å²) < 4.78 is 0. The second-order valence-corrected chi connectivity index (χ2v) is 5.19. The number of rotatable bonds is 4. The molecule has 3 N–H and O–H groups in total. The van der Waals surface area contributed by atoms with Gasteiger partial charge in [-0.05, 0) is 39.0 Å². The van der Waals surface area contributed by atoms with Crippen LogP contribution in [0.25, 0.3) is 0 Å². The van der Waals surface area contributed by atoms with Gasteiger partial charge in [-0.3, -0.25) is 0 Å². The predicted molar refractivity (Wildman–Crippen MR) is 70.5 cm³/mol. The molecule has 3 nitrogen and oxygen atoms in total. The molecule has 1 aliphatic carbocycles. The van der Waals surface area contributed by atoms with E-state index in [-0.39, 0.29) is 0 Å². The summed E-state index contributed by atoms with van der Waals surface area (Å²) >= 11 is 0. The van der Waals surface area contributed by atoms with Crippen LogP contribution in [-0.2, 0) is 0 Å². The summed E-state index contributed by atoms with van der Waals surface area (Å²) in [7, 11) is 0. The number of hydrogen-bond acceptors (Lipinski definition) is 1. The van der Waals surface area contributed by atoms with Crippen molar-refractivity contribution < 1.29 is 0 Å². The maximum atomic E-state index is 5.90. The lowest BCUT2D eigenvalue weighted by molar-refractivity contribution is 0.300. The van der Waals surface area contributed by atoms with Crippen molar-refractivity contribution in [1.29, 1.82) is 0 Å². The highest BCUT2D eigenvalue weighted by Crippen LogP contribution is 2.29. The third kappa shape index (κ3) is 4.42. The molecule has 0 saturated heterocycles. The van der Waals surface area contributed by atoms with Crippen molar-refractivity contribution >= 4 is 5.96 Å². The van der Waals surface area contributed by atoms with Gasteiger partial charge in [0.2, 0.25) is 0 Å². The largest absolute Gasteiger partial charge is 0.370 e. The molecule has 0 radical (unpaired) electrons. The minimum absolute atomic E-state index is 0.368. The van der Waals surface area contributed by atoms with Crippen molar-refractivity contribution in [1.82, 2.24) is 5.32 Å². The van der Waals surface area contributed by atoms with Gasteiger partial charge in [-0.15, -0.1) is 0 Å². The zero-order valence-corrected chi connectivity index (χ0v) is 11.0. The Labute approximate surface area is 99.9 Å². The summed E-state index contributed by atoms with van der Waals surface area (Å²) in [6, 6.07) is 0.791. The van der Waals surface area contributed by atoms with Crippen molar-refractivity contribution in [2.75, 3.05) is 0 Å². The smallest absolute Gasteiger partial charge is 0.189 e. The van der Waals surface area contributed by atoms with E-state index in [0.29, 0.717) is 18.0 Å². The molecule has 0 heterocycles. The third-order valence-corrected chi connectivity index (χ3v) is 3.35. The van der Waals surface area contributed by atoms with Crippen LogP contribution in [0.4, 0.5) is 0 Å². The molecule has 1 atom stereocenters. The number of nitrogens with one attached hydrogen (secondary N) is 1. The highest BCUT2D eigenvalue weighted by Gasteiger charge is 2.21. The molecule has 0 bridgehead atoms. The van der Waals surface area contributed by atoms with Crippen LogP contribution < -0.4 is 11.1 Å². The zero-order valence-electron chi connectivity index (χ0n) is 11.0. The van der Waals surface area contributed by atoms with Crippen molar-refractivity contribution in [3.05, 3.63) is 0 Å². The van der Waals surface area contributed by atoms with E-state index in [2.05, 4.69) is 31.1 Å². The molecule has 3 heteroatoms. The topological polar surface area (TPSA) is 50.4 Å². The molecule has 1 fully saturated rings. The molecule has 0 aromatic carbocycles. The Morgan fingerprint density at radius 1 is 1.31 bits per heavy atom. The zero-order chi connectivity index (χ0) is 12.0. The fraction of sp³-hybridized carbons (Fsp3) is 0.923. The maximum absolute atomic E-state index is 5.90. The first-order chi connectivity index (χ1) is 7.63. The van der Waals surface area contributed by atoms with Gasteiger partial charge in [-0.1, -0.05) is 26.2 Å². The molecule has 1 aliphatic rings. The van der Waals surface area contributed by atoms with Crippen molar-refractivity contribution in [2.24, 2.45) is 16.6 Å². The van der Waals surface area contributed by atoms with E-state index in [1.807, 2.05) is 0 Å². The van der Waals surface area contributed by atoms with Gasteiger partial charge in [0, 0.05) is 6.04 Å². The first-order valence-electron chi connectivity index (χ1n) is 6.73. The van der Waals surface area contributed by atoms with Gasteiger partial charge >= 0.3 is 0 Å². The fourth-order valence-electron chi connectivity index (χ4n) is 2.56. The summed E-state index contributed by atoms with van der Waals surface area (Å²) in [5.74, 6) is 1.37. The molecule has 1 unspecified atom stereocenters. The molecular weight excluding hydrogens is 198 g/mol. The Hall–Kier alpha value is -0.730. The molecule has 1 rings (SSSR count). The van der Waals surface area contributed by atoms with Crippen LogP contribution in [0.5, 0.6) is 0 Å². The molecule has 0 spiro atoms. The molecule has 0 aromatic rings. The molecule has 0 aliphatic heterocycles. The molecule has 16 heavy (non-hydrogen) atoms. The van der Waals surface area contributed by atoms with Gasteiger partial charge < -0.3 is 11.1 Å². The van der Waals surface area contributed by atoms with E-state index in [1.165, 1.54) is 32.1 Å². The lowest BCUT2D eigenvalue weighted by Gasteiger charge is -2.27. The van der Waals surface area contributed by atoms with E-state index >= 15 is 0 Å². The molecule has 1 saturated carbocycles. The number of hydrogen-bond donors (Lipinski definition) is 2. The quantitative estimate of drug-likeness (QED) is 0.571. The van der Waals surface area contributed by atoms with Gasteiger partial charge in [-0.2, -0.15) is 0 Å². The van der Waals surface area contributed by atoms with E-state index in [0.717, 1.165) is 12.3 Å². The van der Waals surface area contributed by atoms with E-state index in [4.69, 9.17) is 5.73 Å². The normalized spacial score (nSPS) is 21.1. The SMILES string of the molecule is CCC(N=C(N)NC(C)C)C1CCCCC1. The van der Waals surface area contributed by atoms with Crippen LogP contribution in [-0.4, -0.2) is 18.0 Å². The second kappa shape index (κ2) is 6.77. The Bertz CT molecular complexity index is 217. The molecule has 94 valence electrons. The van der Waals surface area contributed by atoms with Gasteiger partial charge in [0.1, 0.15) is 0 Å². The lowest BCUT2D eigenvalue weighted by atomic mass is 9.83. The summed E-state index contributed by atoms with van der Waals surface area (Å²) in [6.45, 7) is 6.39. The number of guanidine groups is 1. The fourth-order valence-corrected chi connectivity index (χ4v) is 2.56. The van der Waals surface area contributed by atoms with Crippen molar-refractivity contribution in [3.8, 4) is 0 Å². The van der Waals surface area contributed by atoms with Crippen LogP contribution in [0.3, 0.4) is 0 Å². The van der Waals surface area contributed by atoms with Crippen LogP contribution >= 0.6 is 0 Å². The second-order valence-electron chi connectivity index (χ2n) is 5.19. The number of nitrogens with zero attached hydrogens (tertiary/aromatic N) is 1. The van der Waals surface area contributed by atoms with E-state index in [9.17, 15) is 0 Å². The van der Waals surface area contributed by atoms with Gasteiger partial charge in [-0.25, -0.2) is 4.99 Å². The maximum Gasteiger partial charge on any atom is 0.189 e. The molecule has 0 amide bonds. The minimum atomic E-state index is 0.368. The van der Waals surface area contributed by atoms with E-state index < -0.39 is 0 Å². The van der Waals surface area contributed by atoms with Crippen molar-refractivity contribution in [2.45, 2.75) is 71.4 Å². The third-order valence-electron chi connectivity index (χ3n) is 3.35. The molecular formula is C13H27N3. The van der Waals surface area contributed by atoms with Crippen LogP contribution in [0.15, 0.2) is 4.99 Å². The Kier molecular flexibility index (Phi) is 5.64. The highest BCUT2D eigenvalue weighted by atomic mass is 15.1. The van der Waals surface area contributed by atoms with Crippen LogP contribution in [0, 0.1) is 5.92 Å². The van der Waals surface area contributed by atoms with E-state index in [1.54, 1.807) is 0 Å². The Balaban J connectivity index is 2.51. The monoisotopic (exact) mass is 225 g/mol. The summed E-state index contributed by atoms with van der Waals surface area (Å²) in [4.78, 5) is 4.64. The summed E-state index contributed by atoms with van der Waals surface area (Å²) in [6.07, 6.45) is 7.90. The molecule has 0 aromatic heterocycles. The summed E-state index contributed by atoms with van der Waals surface area (Å²) in [5, 5.41) is 3.17. The van der Waals surface area contributed by atoms with Crippen molar-refractivity contribution in [3.63, 3.8) is 0 Å². The van der Waals surface area contributed by atoms with Gasteiger partial charge in [0.15, 0.2) is 5.96 Å². The first-order valence-corrected chi connectivity index (χ1v) is 6.73. The minimum Gasteiger partial charge on any atom is -0.370 e.